The van der Waals surface area contributed by atoms with Crippen LogP contribution < -0.4 is 4.74 Å². The smallest absolute Gasteiger partial charge is 0.317 e. The van der Waals surface area contributed by atoms with Crippen LogP contribution in [0.15, 0.2) is 40.8 Å². The molecule has 1 unspecified atom stereocenters. The van der Waals surface area contributed by atoms with Gasteiger partial charge in [0.25, 0.3) is 0 Å². The topological polar surface area (TPSA) is 59.7 Å². The summed E-state index contributed by atoms with van der Waals surface area (Å²) >= 11 is 5.60. The van der Waals surface area contributed by atoms with Gasteiger partial charge in [-0.1, -0.05) is 0 Å². The molecule has 100 valence electrons. The Labute approximate surface area is 113 Å². The van der Waals surface area contributed by atoms with E-state index in [4.69, 9.17) is 25.9 Å². The van der Waals surface area contributed by atoms with Gasteiger partial charge in [0.1, 0.15) is 29.9 Å². The van der Waals surface area contributed by atoms with E-state index < -0.39 is 11.9 Å². The molecule has 0 amide bonds. The molecule has 0 saturated heterocycles. The maximum atomic E-state index is 12.7. The van der Waals surface area contributed by atoms with Gasteiger partial charge < -0.3 is 14.3 Å². The second-order valence-electron chi connectivity index (χ2n) is 3.80. The third-order valence-electron chi connectivity index (χ3n) is 2.47. The van der Waals surface area contributed by atoms with Gasteiger partial charge in [0.05, 0.1) is 0 Å². The summed E-state index contributed by atoms with van der Waals surface area (Å²) in [4.78, 5) is 11.1. The Morgan fingerprint density at radius 2 is 2.00 bits per heavy atom. The molecule has 0 saturated carbocycles. The van der Waals surface area contributed by atoms with E-state index in [0.29, 0.717) is 5.75 Å². The van der Waals surface area contributed by atoms with Crippen molar-refractivity contribution in [2.45, 2.75) is 5.92 Å². The first-order valence-corrected chi connectivity index (χ1v) is 5.80. The lowest BCUT2D eigenvalue weighted by atomic mass is 10.1. The van der Waals surface area contributed by atoms with E-state index in [0.717, 1.165) is 0 Å². The summed E-state index contributed by atoms with van der Waals surface area (Å²) in [6.45, 7) is -0.134. The molecule has 0 bridgehead atoms. The second-order valence-corrected chi connectivity index (χ2v) is 4.17. The monoisotopic (exact) mass is 284 g/mol. The van der Waals surface area contributed by atoms with E-state index in [1.807, 2.05) is 0 Å². The van der Waals surface area contributed by atoms with Crippen LogP contribution in [0, 0.1) is 5.82 Å². The van der Waals surface area contributed by atoms with Crippen LogP contribution in [-0.2, 0) is 4.79 Å². The molecular formula is C13H10ClFO4. The van der Waals surface area contributed by atoms with Crippen molar-refractivity contribution in [2.75, 3.05) is 6.61 Å². The number of halogens is 2. The molecule has 2 aromatic rings. The van der Waals surface area contributed by atoms with Gasteiger partial charge in [-0.2, -0.15) is 0 Å². The van der Waals surface area contributed by atoms with Gasteiger partial charge in [-0.15, -0.1) is 0 Å². The van der Waals surface area contributed by atoms with Crippen LogP contribution in [0.5, 0.6) is 5.75 Å². The number of carboxylic acids is 1. The molecule has 0 fully saturated rings. The number of rotatable bonds is 5. The lowest BCUT2D eigenvalue weighted by Gasteiger charge is -2.11. The van der Waals surface area contributed by atoms with Crippen molar-refractivity contribution < 1.29 is 23.4 Å². The fourth-order valence-electron chi connectivity index (χ4n) is 1.50. The van der Waals surface area contributed by atoms with Gasteiger partial charge in [-0.05, 0) is 48.0 Å². The number of furan rings is 1. The van der Waals surface area contributed by atoms with Gasteiger partial charge in [0, 0.05) is 0 Å². The molecule has 1 atom stereocenters. The minimum absolute atomic E-state index is 0.114. The van der Waals surface area contributed by atoms with E-state index in [2.05, 4.69) is 0 Å². The second kappa shape index (κ2) is 5.75. The van der Waals surface area contributed by atoms with Gasteiger partial charge in [0.15, 0.2) is 5.22 Å². The maximum absolute atomic E-state index is 12.7. The zero-order chi connectivity index (χ0) is 13.8. The van der Waals surface area contributed by atoms with E-state index in [9.17, 15) is 9.18 Å². The zero-order valence-electron chi connectivity index (χ0n) is 9.68. The quantitative estimate of drug-likeness (QED) is 0.915. The Bertz CT molecular complexity index is 564. The Kier molecular flexibility index (Phi) is 4.06. The first-order valence-electron chi connectivity index (χ1n) is 5.42. The third kappa shape index (κ3) is 3.48. The summed E-state index contributed by atoms with van der Waals surface area (Å²) in [5, 5.41) is 9.23. The molecule has 6 heteroatoms. The lowest BCUT2D eigenvalue weighted by Crippen LogP contribution is -2.19. The van der Waals surface area contributed by atoms with Gasteiger partial charge in [0.2, 0.25) is 0 Å². The Morgan fingerprint density at radius 3 is 2.53 bits per heavy atom. The number of ether oxygens (including phenoxy) is 1. The minimum Gasteiger partial charge on any atom is -0.492 e. The largest absolute Gasteiger partial charge is 0.492 e. The molecule has 0 aliphatic heterocycles. The molecule has 4 nitrogen and oxygen atoms in total. The zero-order valence-corrected chi connectivity index (χ0v) is 10.4. The van der Waals surface area contributed by atoms with Crippen molar-refractivity contribution in [2.24, 2.45) is 0 Å². The summed E-state index contributed by atoms with van der Waals surface area (Å²) in [7, 11) is 0. The fourth-order valence-corrected chi connectivity index (χ4v) is 1.65. The summed E-state index contributed by atoms with van der Waals surface area (Å²) in [5.41, 5.74) is 0. The van der Waals surface area contributed by atoms with Crippen molar-refractivity contribution in [1.82, 2.24) is 0 Å². The van der Waals surface area contributed by atoms with Crippen LogP contribution >= 0.6 is 11.6 Å². The van der Waals surface area contributed by atoms with Crippen LogP contribution in [-0.4, -0.2) is 17.7 Å². The van der Waals surface area contributed by atoms with Crippen molar-refractivity contribution in [3.63, 3.8) is 0 Å². The molecule has 1 N–H and O–H groups in total. The number of carboxylic acid groups (broad SMARTS) is 1. The molecule has 19 heavy (non-hydrogen) atoms. The van der Waals surface area contributed by atoms with Crippen LogP contribution in [0.1, 0.15) is 11.7 Å². The van der Waals surface area contributed by atoms with Crippen LogP contribution in [0.3, 0.4) is 0 Å². The molecule has 1 heterocycles. The van der Waals surface area contributed by atoms with Crippen molar-refractivity contribution in [3.05, 3.63) is 53.2 Å². The normalized spacial score (nSPS) is 12.1. The Balaban J connectivity index is 2.06. The van der Waals surface area contributed by atoms with Crippen molar-refractivity contribution in [1.29, 1.82) is 0 Å². The van der Waals surface area contributed by atoms with Crippen LogP contribution in [0.2, 0.25) is 5.22 Å². The summed E-state index contributed by atoms with van der Waals surface area (Å²) in [5.74, 6) is -1.87. The third-order valence-corrected chi connectivity index (χ3v) is 2.67. The molecule has 0 aliphatic carbocycles. The highest BCUT2D eigenvalue weighted by Gasteiger charge is 2.24. The van der Waals surface area contributed by atoms with E-state index in [-0.39, 0.29) is 23.4 Å². The highest BCUT2D eigenvalue weighted by molar-refractivity contribution is 6.28. The van der Waals surface area contributed by atoms with Crippen LogP contribution in [0.25, 0.3) is 0 Å². The molecule has 2 rings (SSSR count). The summed E-state index contributed by atoms with van der Waals surface area (Å²) in [6, 6.07) is 8.25. The van der Waals surface area contributed by atoms with E-state index in [1.165, 1.54) is 36.4 Å². The average molecular weight is 285 g/mol. The number of benzene rings is 1. The van der Waals surface area contributed by atoms with Crippen molar-refractivity contribution >= 4 is 17.6 Å². The fraction of sp³-hybridized carbons (Fsp3) is 0.154. The maximum Gasteiger partial charge on any atom is 0.317 e. The predicted octanol–water partition coefficient (Wildman–Crippen LogP) is 3.32. The predicted molar refractivity (Wildman–Crippen MR) is 66.0 cm³/mol. The molecular weight excluding hydrogens is 275 g/mol. The van der Waals surface area contributed by atoms with Gasteiger partial charge in [-0.25, -0.2) is 4.39 Å². The molecule has 0 aliphatic rings. The summed E-state index contributed by atoms with van der Waals surface area (Å²) < 4.78 is 23.1. The number of carbonyl (C=O) groups is 1. The average Bonchev–Trinajstić information content (AvgIpc) is 2.78. The van der Waals surface area contributed by atoms with E-state index in [1.54, 1.807) is 0 Å². The van der Waals surface area contributed by atoms with Crippen LogP contribution in [0.4, 0.5) is 4.39 Å². The van der Waals surface area contributed by atoms with E-state index >= 15 is 0 Å². The van der Waals surface area contributed by atoms with Gasteiger partial charge >= 0.3 is 5.97 Å². The van der Waals surface area contributed by atoms with Crippen molar-refractivity contribution in [3.8, 4) is 5.75 Å². The lowest BCUT2D eigenvalue weighted by molar-refractivity contribution is -0.140. The Morgan fingerprint density at radius 1 is 1.32 bits per heavy atom. The minimum atomic E-state index is -1.09. The standard InChI is InChI=1S/C13H10ClFO4/c14-12-6-5-11(19-12)10(13(16)17)7-18-9-3-1-8(15)2-4-9/h1-6,10H,7H2,(H,16,17). The summed E-state index contributed by atoms with van der Waals surface area (Å²) in [6.07, 6.45) is 0. The first-order chi connectivity index (χ1) is 9.06. The SMILES string of the molecule is O=C(O)C(COc1ccc(F)cc1)c1ccc(Cl)o1. The highest BCUT2D eigenvalue weighted by Crippen LogP contribution is 2.23. The first kappa shape index (κ1) is 13.4. The highest BCUT2D eigenvalue weighted by atomic mass is 35.5. The molecule has 1 aromatic carbocycles. The number of aliphatic carboxylic acids is 1. The van der Waals surface area contributed by atoms with Gasteiger partial charge in [-0.3, -0.25) is 4.79 Å². The molecule has 1 aromatic heterocycles. The number of hydrogen-bond acceptors (Lipinski definition) is 3. The molecule has 0 spiro atoms. The Hall–Kier alpha value is -2.01. The number of hydrogen-bond donors (Lipinski definition) is 1. The molecule has 0 radical (unpaired) electrons.